The van der Waals surface area contributed by atoms with Crippen molar-refractivity contribution in [3.8, 4) is 5.75 Å². The van der Waals surface area contributed by atoms with Crippen LogP contribution in [-0.2, 0) is 16.0 Å². The molecule has 2 heterocycles. The average molecular weight is 297 g/mol. The lowest BCUT2D eigenvalue weighted by Crippen LogP contribution is -2.51. The average Bonchev–Trinajstić information content (AvgIpc) is 2.33. The molecule has 0 atom stereocenters. The van der Waals surface area contributed by atoms with E-state index >= 15 is 0 Å². The summed E-state index contributed by atoms with van der Waals surface area (Å²) >= 11 is 3.41. The molecular formula is C13H13BrO3. The number of carbonyl (C=O) groups is 1. The van der Waals surface area contributed by atoms with Gasteiger partial charge in [-0.3, -0.25) is 4.79 Å². The number of halogens is 1. The maximum absolute atomic E-state index is 12.2. The molecule has 1 saturated heterocycles. The third kappa shape index (κ3) is 1.89. The molecule has 1 aromatic carbocycles. The normalized spacial score (nSPS) is 22.1. The minimum absolute atomic E-state index is 0.186. The number of benzene rings is 1. The van der Waals surface area contributed by atoms with E-state index in [0.717, 1.165) is 15.8 Å². The second kappa shape index (κ2) is 4.10. The first-order valence-corrected chi connectivity index (χ1v) is 6.57. The van der Waals surface area contributed by atoms with Gasteiger partial charge in [0.15, 0.2) is 11.4 Å². The molecule has 0 aliphatic carbocycles. The van der Waals surface area contributed by atoms with Crippen LogP contribution in [0, 0.1) is 0 Å². The Kier molecular flexibility index (Phi) is 2.71. The molecule has 4 heteroatoms. The first-order valence-electron chi connectivity index (χ1n) is 5.78. The SMILES string of the molecule is O=C1Cc2cc(Br)ccc2OC12CCOCC2. The third-order valence-electron chi connectivity index (χ3n) is 3.49. The smallest absolute Gasteiger partial charge is 0.181 e. The second-order valence-electron chi connectivity index (χ2n) is 4.56. The predicted molar refractivity (Wildman–Crippen MR) is 66.3 cm³/mol. The molecule has 1 aromatic rings. The summed E-state index contributed by atoms with van der Waals surface area (Å²) < 4.78 is 12.3. The minimum atomic E-state index is -0.626. The highest BCUT2D eigenvalue weighted by Gasteiger charge is 2.45. The van der Waals surface area contributed by atoms with Crippen molar-refractivity contribution in [3.63, 3.8) is 0 Å². The Morgan fingerprint density at radius 1 is 1.24 bits per heavy atom. The zero-order valence-corrected chi connectivity index (χ0v) is 11.0. The molecule has 0 amide bonds. The first-order chi connectivity index (χ1) is 8.20. The summed E-state index contributed by atoms with van der Waals surface area (Å²) in [5, 5.41) is 0. The van der Waals surface area contributed by atoms with Gasteiger partial charge in [0.25, 0.3) is 0 Å². The zero-order valence-electron chi connectivity index (χ0n) is 9.37. The van der Waals surface area contributed by atoms with E-state index in [1.807, 2.05) is 18.2 Å². The van der Waals surface area contributed by atoms with Crippen molar-refractivity contribution in [2.24, 2.45) is 0 Å². The van der Waals surface area contributed by atoms with Crippen molar-refractivity contribution in [2.75, 3.05) is 13.2 Å². The molecule has 3 rings (SSSR count). The molecule has 1 spiro atoms. The highest BCUT2D eigenvalue weighted by molar-refractivity contribution is 9.10. The van der Waals surface area contributed by atoms with Crippen LogP contribution in [0.1, 0.15) is 18.4 Å². The summed E-state index contributed by atoms with van der Waals surface area (Å²) in [7, 11) is 0. The van der Waals surface area contributed by atoms with Crippen LogP contribution in [0.4, 0.5) is 0 Å². The van der Waals surface area contributed by atoms with Gasteiger partial charge in [0.1, 0.15) is 5.75 Å². The van der Waals surface area contributed by atoms with E-state index < -0.39 is 5.60 Å². The Morgan fingerprint density at radius 2 is 2.00 bits per heavy atom. The number of fused-ring (bicyclic) bond motifs is 1. The number of rotatable bonds is 0. The summed E-state index contributed by atoms with van der Waals surface area (Å²) in [6, 6.07) is 5.84. The number of hydrogen-bond acceptors (Lipinski definition) is 3. The maximum Gasteiger partial charge on any atom is 0.181 e. The molecule has 2 aliphatic rings. The summed E-state index contributed by atoms with van der Waals surface area (Å²) in [4.78, 5) is 12.2. The van der Waals surface area contributed by atoms with E-state index in [-0.39, 0.29) is 5.78 Å². The fourth-order valence-electron chi connectivity index (χ4n) is 2.47. The summed E-state index contributed by atoms with van der Waals surface area (Å²) in [6.45, 7) is 1.22. The van der Waals surface area contributed by atoms with Crippen LogP contribution in [0.3, 0.4) is 0 Å². The minimum Gasteiger partial charge on any atom is -0.479 e. The monoisotopic (exact) mass is 296 g/mol. The van der Waals surface area contributed by atoms with Gasteiger partial charge in [-0.2, -0.15) is 0 Å². The van der Waals surface area contributed by atoms with Crippen molar-refractivity contribution >= 4 is 21.7 Å². The number of Topliss-reactive ketones (excluding diaryl/α,β-unsaturated/α-hetero) is 1. The van der Waals surface area contributed by atoms with Gasteiger partial charge in [0.05, 0.1) is 13.2 Å². The van der Waals surface area contributed by atoms with E-state index in [0.29, 0.717) is 32.5 Å². The summed E-state index contributed by atoms with van der Waals surface area (Å²) in [5.74, 6) is 1.03. The van der Waals surface area contributed by atoms with Crippen LogP contribution in [0.25, 0.3) is 0 Å². The van der Waals surface area contributed by atoms with Crippen molar-refractivity contribution < 1.29 is 14.3 Å². The van der Waals surface area contributed by atoms with Gasteiger partial charge in [-0.25, -0.2) is 0 Å². The van der Waals surface area contributed by atoms with Crippen LogP contribution in [-0.4, -0.2) is 24.6 Å². The third-order valence-corrected chi connectivity index (χ3v) is 3.98. The lowest BCUT2D eigenvalue weighted by molar-refractivity contribution is -0.144. The molecule has 0 unspecified atom stereocenters. The van der Waals surface area contributed by atoms with Crippen LogP contribution < -0.4 is 4.74 Å². The van der Waals surface area contributed by atoms with Crippen molar-refractivity contribution in [2.45, 2.75) is 24.9 Å². The Balaban J connectivity index is 1.97. The molecule has 0 bridgehead atoms. The highest BCUT2D eigenvalue weighted by atomic mass is 79.9. The molecule has 0 N–H and O–H groups in total. The van der Waals surface area contributed by atoms with Crippen molar-refractivity contribution in [1.82, 2.24) is 0 Å². The molecule has 0 radical (unpaired) electrons. The maximum atomic E-state index is 12.2. The fourth-order valence-corrected chi connectivity index (χ4v) is 2.88. The molecule has 0 saturated carbocycles. The predicted octanol–water partition coefficient (Wildman–Crippen LogP) is 2.50. The number of ether oxygens (including phenoxy) is 2. The van der Waals surface area contributed by atoms with E-state index in [2.05, 4.69) is 15.9 Å². The van der Waals surface area contributed by atoms with Gasteiger partial charge in [-0.05, 0) is 18.2 Å². The van der Waals surface area contributed by atoms with Gasteiger partial charge < -0.3 is 9.47 Å². The van der Waals surface area contributed by atoms with Gasteiger partial charge in [-0.15, -0.1) is 0 Å². The zero-order chi connectivity index (χ0) is 11.9. The van der Waals surface area contributed by atoms with Crippen LogP contribution in [0.5, 0.6) is 5.75 Å². The Hall–Kier alpha value is -0.870. The van der Waals surface area contributed by atoms with E-state index in [9.17, 15) is 4.79 Å². The number of carbonyl (C=O) groups excluding carboxylic acids is 1. The van der Waals surface area contributed by atoms with E-state index in [4.69, 9.17) is 9.47 Å². The molecule has 3 nitrogen and oxygen atoms in total. The molecule has 1 fully saturated rings. The number of ketones is 1. The van der Waals surface area contributed by atoms with Crippen LogP contribution in [0.2, 0.25) is 0 Å². The first kappa shape index (κ1) is 11.2. The molecule has 2 aliphatic heterocycles. The van der Waals surface area contributed by atoms with Crippen molar-refractivity contribution in [3.05, 3.63) is 28.2 Å². The lowest BCUT2D eigenvalue weighted by Gasteiger charge is -2.39. The van der Waals surface area contributed by atoms with Crippen LogP contribution in [0.15, 0.2) is 22.7 Å². The largest absolute Gasteiger partial charge is 0.479 e. The molecule has 17 heavy (non-hydrogen) atoms. The quantitative estimate of drug-likeness (QED) is 0.738. The van der Waals surface area contributed by atoms with E-state index in [1.165, 1.54) is 0 Å². The Bertz CT molecular complexity index is 464. The topological polar surface area (TPSA) is 35.5 Å². The van der Waals surface area contributed by atoms with Crippen LogP contribution >= 0.6 is 15.9 Å². The van der Waals surface area contributed by atoms with Crippen molar-refractivity contribution in [1.29, 1.82) is 0 Å². The van der Waals surface area contributed by atoms with Gasteiger partial charge in [0.2, 0.25) is 0 Å². The summed E-state index contributed by atoms with van der Waals surface area (Å²) in [5.41, 5.74) is 0.348. The standard InChI is InChI=1S/C13H13BrO3/c14-10-1-2-11-9(7-10)8-12(15)13(17-11)3-5-16-6-4-13/h1-2,7H,3-6,8H2. The van der Waals surface area contributed by atoms with Gasteiger partial charge >= 0.3 is 0 Å². The molecule has 0 aromatic heterocycles. The van der Waals surface area contributed by atoms with E-state index in [1.54, 1.807) is 0 Å². The second-order valence-corrected chi connectivity index (χ2v) is 5.48. The molecule has 90 valence electrons. The molecular weight excluding hydrogens is 284 g/mol. The lowest BCUT2D eigenvalue weighted by atomic mass is 9.83. The number of hydrogen-bond donors (Lipinski definition) is 0. The van der Waals surface area contributed by atoms with Gasteiger partial charge in [0, 0.05) is 29.3 Å². The fraction of sp³-hybridized carbons (Fsp3) is 0.462. The highest BCUT2D eigenvalue weighted by Crippen LogP contribution is 2.37. The van der Waals surface area contributed by atoms with Gasteiger partial charge in [-0.1, -0.05) is 15.9 Å². The Labute approximate surface area is 108 Å². The summed E-state index contributed by atoms with van der Waals surface area (Å²) in [6.07, 6.45) is 1.80. The Morgan fingerprint density at radius 3 is 2.76 bits per heavy atom.